The van der Waals surface area contributed by atoms with Crippen molar-refractivity contribution in [2.75, 3.05) is 6.54 Å². The van der Waals surface area contributed by atoms with Crippen LogP contribution in [-0.4, -0.2) is 32.7 Å². The highest BCUT2D eigenvalue weighted by Crippen LogP contribution is 2.35. The number of ether oxygens (including phenoxy) is 2. The fraction of sp³-hybridized carbons (Fsp3) is 0.148. The van der Waals surface area contributed by atoms with E-state index in [1.54, 1.807) is 6.08 Å². The van der Waals surface area contributed by atoms with Gasteiger partial charge in [0.25, 0.3) is 5.91 Å². The Morgan fingerprint density at radius 1 is 0.914 bits per heavy atom. The Balaban J connectivity index is 1.55. The summed E-state index contributed by atoms with van der Waals surface area (Å²) in [6, 6.07) is 25.2. The van der Waals surface area contributed by atoms with Crippen LogP contribution in [0.25, 0.3) is 6.08 Å². The quantitative estimate of drug-likeness (QED) is 0.287. The Kier molecular flexibility index (Phi) is 8.18. The maximum Gasteiger partial charge on any atom is 0.305 e. The molecule has 1 N–H and O–H groups in total. The van der Waals surface area contributed by atoms with Crippen LogP contribution in [0, 0.1) is 0 Å². The number of aliphatic carboxylic acids is 1. The van der Waals surface area contributed by atoms with E-state index < -0.39 is 5.97 Å². The topological polar surface area (TPSA) is 76.1 Å². The molecule has 3 aromatic carbocycles. The molecule has 1 fully saturated rings. The molecular formula is C27H23NO5S2. The maximum atomic E-state index is 12.8. The first-order valence-corrected chi connectivity index (χ1v) is 12.2. The minimum Gasteiger partial charge on any atom is -0.485 e. The van der Waals surface area contributed by atoms with Crippen LogP contribution in [0.15, 0.2) is 83.8 Å². The number of nitrogens with zero attached hydrogens (tertiary/aromatic N) is 1. The van der Waals surface area contributed by atoms with Gasteiger partial charge in [-0.2, -0.15) is 0 Å². The van der Waals surface area contributed by atoms with Crippen molar-refractivity contribution in [3.8, 4) is 11.5 Å². The molecule has 3 aromatic rings. The van der Waals surface area contributed by atoms with Crippen LogP contribution < -0.4 is 9.47 Å². The number of carboxylic acid groups (broad SMARTS) is 1. The molecule has 8 heteroatoms. The predicted octanol–water partition coefficient (Wildman–Crippen LogP) is 5.52. The molecule has 0 unspecified atom stereocenters. The van der Waals surface area contributed by atoms with Gasteiger partial charge < -0.3 is 14.6 Å². The van der Waals surface area contributed by atoms with Crippen molar-refractivity contribution in [1.82, 2.24) is 4.90 Å². The second-order valence-corrected chi connectivity index (χ2v) is 9.41. The molecule has 6 nitrogen and oxygen atoms in total. The lowest BCUT2D eigenvalue weighted by Gasteiger charge is -2.14. The molecule has 0 radical (unpaired) electrons. The SMILES string of the molecule is O=C(O)CCN1C(=O)C(=Cc2ccc(OCc3ccccc3)c(OCc3ccccc3)c2)SC1=S. The first-order valence-electron chi connectivity index (χ1n) is 10.9. The molecular weight excluding hydrogens is 482 g/mol. The summed E-state index contributed by atoms with van der Waals surface area (Å²) < 4.78 is 12.5. The lowest BCUT2D eigenvalue weighted by atomic mass is 10.1. The summed E-state index contributed by atoms with van der Waals surface area (Å²) in [5, 5.41) is 8.92. The highest BCUT2D eigenvalue weighted by Gasteiger charge is 2.32. The van der Waals surface area contributed by atoms with Gasteiger partial charge in [0, 0.05) is 6.54 Å². The van der Waals surface area contributed by atoms with E-state index in [9.17, 15) is 9.59 Å². The van der Waals surface area contributed by atoms with E-state index in [1.165, 1.54) is 4.90 Å². The minimum absolute atomic E-state index is 0.0506. The van der Waals surface area contributed by atoms with Crippen molar-refractivity contribution in [2.24, 2.45) is 0 Å². The fourth-order valence-electron chi connectivity index (χ4n) is 3.37. The van der Waals surface area contributed by atoms with Crippen LogP contribution in [0.5, 0.6) is 11.5 Å². The second kappa shape index (κ2) is 11.7. The molecule has 0 aliphatic carbocycles. The Hall–Kier alpha value is -3.62. The van der Waals surface area contributed by atoms with Crippen molar-refractivity contribution < 1.29 is 24.2 Å². The van der Waals surface area contributed by atoms with Gasteiger partial charge in [-0.15, -0.1) is 0 Å². The molecule has 1 aliphatic rings. The third kappa shape index (κ3) is 6.71. The van der Waals surface area contributed by atoms with Crippen LogP contribution in [0.4, 0.5) is 0 Å². The fourth-order valence-corrected chi connectivity index (χ4v) is 4.68. The number of carbonyl (C=O) groups is 2. The number of hydrogen-bond acceptors (Lipinski definition) is 6. The number of hydrogen-bond donors (Lipinski definition) is 1. The molecule has 0 spiro atoms. The van der Waals surface area contributed by atoms with Crippen molar-refractivity contribution in [3.05, 3.63) is 100 Å². The van der Waals surface area contributed by atoms with Crippen molar-refractivity contribution in [3.63, 3.8) is 0 Å². The highest BCUT2D eigenvalue weighted by molar-refractivity contribution is 8.26. The molecule has 0 saturated carbocycles. The molecule has 0 bridgehead atoms. The maximum absolute atomic E-state index is 12.8. The van der Waals surface area contributed by atoms with E-state index >= 15 is 0 Å². The summed E-state index contributed by atoms with van der Waals surface area (Å²) in [7, 11) is 0. The molecule has 0 atom stereocenters. The standard InChI is InChI=1S/C27H23NO5S2/c29-25(30)13-14-28-26(31)24(35-27(28)34)16-21-11-12-22(32-17-19-7-3-1-4-8-19)23(15-21)33-18-20-9-5-2-6-10-20/h1-12,15-16H,13-14,17-18H2,(H,29,30). The smallest absolute Gasteiger partial charge is 0.305 e. The summed E-state index contributed by atoms with van der Waals surface area (Å²) in [6.07, 6.45) is 1.57. The average molecular weight is 506 g/mol. The van der Waals surface area contributed by atoms with Crippen molar-refractivity contribution in [2.45, 2.75) is 19.6 Å². The molecule has 1 saturated heterocycles. The van der Waals surface area contributed by atoms with E-state index in [-0.39, 0.29) is 18.9 Å². The van der Waals surface area contributed by atoms with Crippen LogP contribution in [0.2, 0.25) is 0 Å². The molecule has 0 aromatic heterocycles. The lowest BCUT2D eigenvalue weighted by Crippen LogP contribution is -2.30. The monoisotopic (exact) mass is 505 g/mol. The van der Waals surface area contributed by atoms with Gasteiger partial charge in [0.05, 0.1) is 11.3 Å². The molecule has 4 rings (SSSR count). The minimum atomic E-state index is -0.977. The van der Waals surface area contributed by atoms with Crippen LogP contribution in [0.1, 0.15) is 23.1 Å². The van der Waals surface area contributed by atoms with E-state index in [1.807, 2.05) is 78.9 Å². The van der Waals surface area contributed by atoms with Gasteiger partial charge in [0.1, 0.15) is 17.5 Å². The second-order valence-electron chi connectivity index (χ2n) is 7.73. The van der Waals surface area contributed by atoms with E-state index in [0.717, 1.165) is 28.5 Å². The number of thioether (sulfide) groups is 1. The summed E-state index contributed by atoms with van der Waals surface area (Å²) in [6.45, 7) is 0.808. The highest BCUT2D eigenvalue weighted by atomic mass is 32.2. The zero-order valence-corrected chi connectivity index (χ0v) is 20.4. The number of carbonyl (C=O) groups excluding carboxylic acids is 1. The average Bonchev–Trinajstić information content (AvgIpc) is 3.13. The van der Waals surface area contributed by atoms with Gasteiger partial charge in [0.15, 0.2) is 11.5 Å². The third-order valence-electron chi connectivity index (χ3n) is 5.16. The number of benzene rings is 3. The Morgan fingerprint density at radius 3 is 2.11 bits per heavy atom. The van der Waals surface area contributed by atoms with Gasteiger partial charge in [-0.05, 0) is 34.9 Å². The summed E-state index contributed by atoms with van der Waals surface area (Å²) >= 11 is 6.44. The Labute approximate surface area is 213 Å². The summed E-state index contributed by atoms with van der Waals surface area (Å²) in [5.41, 5.74) is 2.81. The molecule has 1 heterocycles. The first kappa shape index (κ1) is 24.5. The Bertz CT molecular complexity index is 1240. The normalized spacial score (nSPS) is 14.4. The number of thiocarbonyl (C=S) groups is 1. The zero-order chi connectivity index (χ0) is 24.6. The first-order chi connectivity index (χ1) is 17.0. The molecule has 178 valence electrons. The van der Waals surface area contributed by atoms with Crippen molar-refractivity contribution >= 4 is 46.3 Å². The van der Waals surface area contributed by atoms with Gasteiger partial charge in [-0.25, -0.2) is 0 Å². The van der Waals surface area contributed by atoms with Gasteiger partial charge >= 0.3 is 5.97 Å². The summed E-state index contributed by atoms with van der Waals surface area (Å²) in [5.74, 6) is -0.123. The van der Waals surface area contributed by atoms with Gasteiger partial charge in [-0.1, -0.05) is 90.7 Å². The summed E-state index contributed by atoms with van der Waals surface area (Å²) in [4.78, 5) is 25.4. The van der Waals surface area contributed by atoms with Crippen LogP contribution >= 0.6 is 24.0 Å². The predicted molar refractivity (Wildman–Crippen MR) is 140 cm³/mol. The molecule has 1 aliphatic heterocycles. The third-order valence-corrected chi connectivity index (χ3v) is 6.54. The number of rotatable bonds is 10. The van der Waals surface area contributed by atoms with Crippen LogP contribution in [-0.2, 0) is 22.8 Å². The van der Waals surface area contributed by atoms with Crippen molar-refractivity contribution in [1.29, 1.82) is 0 Å². The number of carboxylic acids is 1. The van der Waals surface area contributed by atoms with E-state index in [2.05, 4.69) is 0 Å². The zero-order valence-electron chi connectivity index (χ0n) is 18.8. The van der Waals surface area contributed by atoms with Gasteiger partial charge in [0.2, 0.25) is 0 Å². The number of amides is 1. The largest absolute Gasteiger partial charge is 0.485 e. The lowest BCUT2D eigenvalue weighted by molar-refractivity contribution is -0.137. The van der Waals surface area contributed by atoms with E-state index in [4.69, 9.17) is 26.8 Å². The Morgan fingerprint density at radius 2 is 1.51 bits per heavy atom. The van der Waals surface area contributed by atoms with Crippen LogP contribution in [0.3, 0.4) is 0 Å². The molecule has 1 amide bonds. The van der Waals surface area contributed by atoms with E-state index in [0.29, 0.717) is 33.9 Å². The molecule has 35 heavy (non-hydrogen) atoms. The van der Waals surface area contributed by atoms with Gasteiger partial charge in [-0.3, -0.25) is 14.5 Å².